The molecule has 1 aromatic carbocycles. The van der Waals surface area contributed by atoms with E-state index in [1.54, 1.807) is 18.2 Å². The second-order valence-corrected chi connectivity index (χ2v) is 3.89. The number of benzene rings is 1. The summed E-state index contributed by atoms with van der Waals surface area (Å²) in [6.07, 6.45) is 3.51. The van der Waals surface area contributed by atoms with Gasteiger partial charge in [0, 0.05) is 19.6 Å². The van der Waals surface area contributed by atoms with Crippen molar-refractivity contribution in [2.24, 2.45) is 0 Å². The predicted molar refractivity (Wildman–Crippen MR) is 69.0 cm³/mol. The highest BCUT2D eigenvalue weighted by Gasteiger charge is 2.11. The van der Waals surface area contributed by atoms with Gasteiger partial charge in [-0.3, -0.25) is 4.90 Å². The van der Waals surface area contributed by atoms with Crippen LogP contribution in [-0.2, 0) is 6.54 Å². The average molecular weight is 249 g/mol. The number of aromatic carboxylic acids is 1. The third-order valence-corrected chi connectivity index (χ3v) is 2.44. The van der Waals surface area contributed by atoms with Crippen LogP contribution in [0, 0.1) is 5.82 Å². The number of halogens is 1. The lowest BCUT2D eigenvalue weighted by molar-refractivity contribution is 0.0692. The van der Waals surface area contributed by atoms with Crippen LogP contribution in [0.5, 0.6) is 0 Å². The highest BCUT2D eigenvalue weighted by Crippen LogP contribution is 2.12. The molecular formula is C14H16FNO2. The Bertz CT molecular complexity index is 447. The van der Waals surface area contributed by atoms with Crippen molar-refractivity contribution in [2.75, 3.05) is 13.1 Å². The molecular weight excluding hydrogens is 233 g/mol. The van der Waals surface area contributed by atoms with Gasteiger partial charge in [0.05, 0.1) is 5.56 Å². The van der Waals surface area contributed by atoms with E-state index in [1.807, 2.05) is 4.90 Å². The van der Waals surface area contributed by atoms with E-state index in [0.29, 0.717) is 19.6 Å². The lowest BCUT2D eigenvalue weighted by atomic mass is 10.1. The van der Waals surface area contributed by atoms with E-state index in [2.05, 4.69) is 13.2 Å². The largest absolute Gasteiger partial charge is 0.478 e. The molecule has 0 amide bonds. The predicted octanol–water partition coefficient (Wildman–Crippen LogP) is 2.70. The Morgan fingerprint density at radius 2 is 1.94 bits per heavy atom. The fourth-order valence-electron chi connectivity index (χ4n) is 1.66. The SMILES string of the molecule is C=CCN(CC=C)Cc1ccc(C(=O)O)c(F)c1. The number of hydrogen-bond acceptors (Lipinski definition) is 2. The first-order valence-corrected chi connectivity index (χ1v) is 5.54. The van der Waals surface area contributed by atoms with Crippen LogP contribution in [0.3, 0.4) is 0 Å². The third kappa shape index (κ3) is 3.82. The quantitative estimate of drug-likeness (QED) is 0.755. The fourth-order valence-corrected chi connectivity index (χ4v) is 1.66. The van der Waals surface area contributed by atoms with Gasteiger partial charge >= 0.3 is 5.97 Å². The summed E-state index contributed by atoms with van der Waals surface area (Å²) in [4.78, 5) is 12.7. The molecule has 1 rings (SSSR count). The van der Waals surface area contributed by atoms with E-state index in [-0.39, 0.29) is 5.56 Å². The first-order valence-electron chi connectivity index (χ1n) is 5.54. The molecule has 0 aliphatic heterocycles. The van der Waals surface area contributed by atoms with Crippen LogP contribution in [0.2, 0.25) is 0 Å². The summed E-state index contributed by atoms with van der Waals surface area (Å²) in [5.74, 6) is -1.97. The summed E-state index contributed by atoms with van der Waals surface area (Å²) in [5.41, 5.74) is 0.416. The molecule has 96 valence electrons. The molecule has 0 saturated heterocycles. The van der Waals surface area contributed by atoms with Crippen molar-refractivity contribution in [1.29, 1.82) is 0 Å². The summed E-state index contributed by atoms with van der Waals surface area (Å²) in [6.45, 7) is 9.15. The summed E-state index contributed by atoms with van der Waals surface area (Å²) >= 11 is 0. The van der Waals surface area contributed by atoms with Gasteiger partial charge in [0.2, 0.25) is 0 Å². The molecule has 0 heterocycles. The van der Waals surface area contributed by atoms with E-state index in [4.69, 9.17) is 5.11 Å². The second kappa shape index (κ2) is 6.71. The molecule has 0 bridgehead atoms. The maximum Gasteiger partial charge on any atom is 0.338 e. The molecule has 0 aromatic heterocycles. The van der Waals surface area contributed by atoms with E-state index < -0.39 is 11.8 Å². The first-order chi connectivity index (χ1) is 8.58. The molecule has 0 fully saturated rings. The van der Waals surface area contributed by atoms with Gasteiger partial charge < -0.3 is 5.11 Å². The van der Waals surface area contributed by atoms with Crippen LogP contribution < -0.4 is 0 Å². The average Bonchev–Trinajstić information content (AvgIpc) is 2.29. The van der Waals surface area contributed by atoms with Gasteiger partial charge in [-0.2, -0.15) is 0 Å². The molecule has 0 aliphatic rings. The van der Waals surface area contributed by atoms with Crippen molar-refractivity contribution < 1.29 is 14.3 Å². The Labute approximate surface area is 106 Å². The van der Waals surface area contributed by atoms with Gasteiger partial charge in [0.25, 0.3) is 0 Å². The summed E-state index contributed by atoms with van der Waals surface area (Å²) < 4.78 is 13.5. The number of nitrogens with zero attached hydrogens (tertiary/aromatic N) is 1. The lowest BCUT2D eigenvalue weighted by Gasteiger charge is -2.18. The number of hydrogen-bond donors (Lipinski definition) is 1. The van der Waals surface area contributed by atoms with Gasteiger partial charge in [0.15, 0.2) is 0 Å². The summed E-state index contributed by atoms with van der Waals surface area (Å²) in [7, 11) is 0. The molecule has 0 aliphatic carbocycles. The fraction of sp³-hybridized carbons (Fsp3) is 0.214. The Balaban J connectivity index is 2.83. The van der Waals surface area contributed by atoms with Crippen molar-refractivity contribution in [3.63, 3.8) is 0 Å². The zero-order valence-electron chi connectivity index (χ0n) is 10.1. The van der Waals surface area contributed by atoms with E-state index in [1.165, 1.54) is 12.1 Å². The van der Waals surface area contributed by atoms with Crippen molar-refractivity contribution >= 4 is 5.97 Å². The maximum atomic E-state index is 13.5. The molecule has 4 heteroatoms. The normalized spacial score (nSPS) is 10.3. The van der Waals surface area contributed by atoms with Crippen LogP contribution in [0.4, 0.5) is 4.39 Å². The Hall–Kier alpha value is -1.94. The van der Waals surface area contributed by atoms with Crippen LogP contribution in [-0.4, -0.2) is 29.1 Å². The zero-order chi connectivity index (χ0) is 13.5. The van der Waals surface area contributed by atoms with Gasteiger partial charge in [-0.25, -0.2) is 9.18 Å². The number of carbonyl (C=O) groups is 1. The molecule has 3 nitrogen and oxygen atoms in total. The van der Waals surface area contributed by atoms with Crippen LogP contribution in [0.1, 0.15) is 15.9 Å². The number of carboxylic acids is 1. The smallest absolute Gasteiger partial charge is 0.338 e. The molecule has 18 heavy (non-hydrogen) atoms. The summed E-state index contributed by atoms with van der Waals surface area (Å²) in [5, 5.41) is 8.73. The van der Waals surface area contributed by atoms with E-state index in [0.717, 1.165) is 5.56 Å². The van der Waals surface area contributed by atoms with Gasteiger partial charge in [-0.05, 0) is 17.7 Å². The standard InChI is InChI=1S/C14H16FNO2/c1-3-7-16(8-4-2)10-11-5-6-12(14(17)18)13(15)9-11/h3-6,9H,1-2,7-8,10H2,(H,17,18). The zero-order valence-corrected chi connectivity index (χ0v) is 10.1. The third-order valence-electron chi connectivity index (χ3n) is 2.44. The molecule has 0 saturated carbocycles. The van der Waals surface area contributed by atoms with E-state index >= 15 is 0 Å². The molecule has 0 radical (unpaired) electrons. The Kier molecular flexibility index (Phi) is 5.27. The minimum atomic E-state index is -1.26. The first kappa shape index (κ1) is 14.1. The topological polar surface area (TPSA) is 40.5 Å². The Morgan fingerprint density at radius 3 is 2.39 bits per heavy atom. The van der Waals surface area contributed by atoms with Gasteiger partial charge in [-0.1, -0.05) is 18.2 Å². The summed E-state index contributed by atoms with van der Waals surface area (Å²) in [6, 6.07) is 4.15. The molecule has 0 spiro atoms. The van der Waals surface area contributed by atoms with Crippen molar-refractivity contribution in [3.8, 4) is 0 Å². The highest BCUT2D eigenvalue weighted by molar-refractivity contribution is 5.87. The Morgan fingerprint density at radius 1 is 1.33 bits per heavy atom. The minimum Gasteiger partial charge on any atom is -0.478 e. The molecule has 0 unspecified atom stereocenters. The maximum absolute atomic E-state index is 13.5. The molecule has 1 N–H and O–H groups in total. The molecule has 0 atom stereocenters. The van der Waals surface area contributed by atoms with Crippen LogP contribution in [0.15, 0.2) is 43.5 Å². The number of rotatable bonds is 7. The minimum absolute atomic E-state index is 0.308. The highest BCUT2D eigenvalue weighted by atomic mass is 19.1. The number of carboxylic acid groups (broad SMARTS) is 1. The van der Waals surface area contributed by atoms with E-state index in [9.17, 15) is 9.18 Å². The van der Waals surface area contributed by atoms with Crippen LogP contribution >= 0.6 is 0 Å². The second-order valence-electron chi connectivity index (χ2n) is 3.89. The van der Waals surface area contributed by atoms with Gasteiger partial charge in [0.1, 0.15) is 5.82 Å². The van der Waals surface area contributed by atoms with Crippen molar-refractivity contribution in [2.45, 2.75) is 6.54 Å². The molecule has 1 aromatic rings. The van der Waals surface area contributed by atoms with Gasteiger partial charge in [-0.15, -0.1) is 13.2 Å². The lowest BCUT2D eigenvalue weighted by Crippen LogP contribution is -2.23. The van der Waals surface area contributed by atoms with Crippen LogP contribution in [0.25, 0.3) is 0 Å². The van der Waals surface area contributed by atoms with Crippen molar-refractivity contribution in [1.82, 2.24) is 4.90 Å². The monoisotopic (exact) mass is 249 g/mol. The van der Waals surface area contributed by atoms with Crippen molar-refractivity contribution in [3.05, 3.63) is 60.5 Å².